The molecule has 0 spiro atoms. The van der Waals surface area contributed by atoms with Crippen LogP contribution >= 0.6 is 0 Å². The van der Waals surface area contributed by atoms with Gasteiger partial charge >= 0.3 is 6.18 Å². The smallest absolute Gasteiger partial charge is 0.344 e. The minimum atomic E-state index is -4.36. The van der Waals surface area contributed by atoms with E-state index in [2.05, 4.69) is 4.98 Å². The Morgan fingerprint density at radius 1 is 1.17 bits per heavy atom. The number of aromatic nitrogens is 2. The summed E-state index contributed by atoms with van der Waals surface area (Å²) < 4.78 is 41.1. The molecule has 0 bridgehead atoms. The number of rotatable bonds is 5. The molecule has 0 radical (unpaired) electrons. The van der Waals surface area contributed by atoms with E-state index in [-0.39, 0.29) is 12.5 Å². The fourth-order valence-electron chi connectivity index (χ4n) is 3.51. The summed E-state index contributed by atoms with van der Waals surface area (Å²) in [5, 5.41) is 0.901. The summed E-state index contributed by atoms with van der Waals surface area (Å²) in [6, 6.07) is 6.13. The van der Waals surface area contributed by atoms with Gasteiger partial charge in [-0.25, -0.2) is 0 Å². The normalized spacial score (nSPS) is 11.8. The lowest BCUT2D eigenvalue weighted by Crippen LogP contribution is -2.29. The summed E-state index contributed by atoms with van der Waals surface area (Å²) in [5.41, 5.74) is 3.06. The van der Waals surface area contributed by atoms with Gasteiger partial charge in [0.05, 0.1) is 16.8 Å². The molecule has 0 saturated heterocycles. The quantitative estimate of drug-likeness (QED) is 0.617. The number of halogens is 3. The van der Waals surface area contributed by atoms with Gasteiger partial charge in [0, 0.05) is 37.8 Å². The number of hydrogen-bond acceptors (Lipinski definition) is 2. The van der Waals surface area contributed by atoms with Crippen molar-refractivity contribution in [2.24, 2.45) is 0 Å². The Bertz CT molecular complexity index is 1030. The molecule has 29 heavy (non-hydrogen) atoms. The van der Waals surface area contributed by atoms with Crippen molar-refractivity contribution in [2.45, 2.75) is 39.9 Å². The zero-order valence-corrected chi connectivity index (χ0v) is 17.0. The van der Waals surface area contributed by atoms with E-state index in [9.17, 15) is 18.0 Å². The summed E-state index contributed by atoms with van der Waals surface area (Å²) in [5.74, 6) is 0.0118. The summed E-state index contributed by atoms with van der Waals surface area (Å²) in [7, 11) is 1.76. The van der Waals surface area contributed by atoms with Crippen LogP contribution in [0.5, 0.6) is 0 Å². The molecule has 3 rings (SSSR count). The minimum Gasteiger partial charge on any atom is -0.344 e. The van der Waals surface area contributed by atoms with Gasteiger partial charge in [-0.1, -0.05) is 0 Å². The zero-order chi connectivity index (χ0) is 21.3. The number of hydrogen-bond donors (Lipinski definition) is 0. The molecule has 0 unspecified atom stereocenters. The zero-order valence-electron chi connectivity index (χ0n) is 17.0. The number of aryl methyl sites for hydroxylation is 2. The number of fused-ring (bicyclic) bond motifs is 1. The van der Waals surface area contributed by atoms with Crippen molar-refractivity contribution in [3.05, 3.63) is 64.6 Å². The molecule has 0 saturated carbocycles. The molecule has 2 heterocycles. The van der Waals surface area contributed by atoms with Crippen molar-refractivity contribution < 1.29 is 18.0 Å². The number of carbonyl (C=O) groups excluding carboxylic acids is 1. The highest BCUT2D eigenvalue weighted by molar-refractivity contribution is 5.85. The molecule has 0 aliphatic heterocycles. The van der Waals surface area contributed by atoms with Gasteiger partial charge in [0.2, 0.25) is 5.91 Å². The molecule has 3 aromatic rings. The predicted octanol–water partition coefficient (Wildman–Crippen LogP) is 4.74. The van der Waals surface area contributed by atoms with Crippen molar-refractivity contribution in [1.29, 1.82) is 0 Å². The van der Waals surface area contributed by atoms with Crippen LogP contribution in [0.25, 0.3) is 10.9 Å². The molecule has 0 atom stereocenters. The number of carbonyl (C=O) groups is 1. The van der Waals surface area contributed by atoms with Crippen LogP contribution in [-0.2, 0) is 23.9 Å². The maximum atomic E-state index is 13.1. The SMILES string of the molecule is CCN(C)C(=O)Cn1ccc2c(Cc3c(C)cc(C(F)(F)F)cc3C)nccc21. The monoisotopic (exact) mass is 403 g/mol. The third-order valence-electron chi connectivity index (χ3n) is 5.35. The summed E-state index contributed by atoms with van der Waals surface area (Å²) in [6.07, 6.45) is -0.400. The molecule has 0 aliphatic carbocycles. The summed E-state index contributed by atoms with van der Waals surface area (Å²) in [6.45, 7) is 6.18. The Morgan fingerprint density at radius 3 is 2.41 bits per heavy atom. The van der Waals surface area contributed by atoms with Crippen LogP contribution in [-0.4, -0.2) is 34.0 Å². The van der Waals surface area contributed by atoms with E-state index in [0.717, 1.165) is 22.2 Å². The van der Waals surface area contributed by atoms with Crippen LogP contribution in [0.4, 0.5) is 13.2 Å². The average Bonchev–Trinajstić information content (AvgIpc) is 3.06. The highest BCUT2D eigenvalue weighted by Gasteiger charge is 2.31. The fourth-order valence-corrected chi connectivity index (χ4v) is 3.51. The molecule has 1 aromatic carbocycles. The number of alkyl halides is 3. The van der Waals surface area contributed by atoms with E-state index in [1.165, 1.54) is 12.1 Å². The highest BCUT2D eigenvalue weighted by Crippen LogP contribution is 2.33. The van der Waals surface area contributed by atoms with E-state index in [4.69, 9.17) is 0 Å². The minimum absolute atomic E-state index is 0.0118. The lowest BCUT2D eigenvalue weighted by molar-refractivity contribution is -0.137. The molecule has 7 heteroatoms. The molecule has 0 fully saturated rings. The van der Waals surface area contributed by atoms with Gasteiger partial charge in [0.25, 0.3) is 0 Å². The second-order valence-corrected chi connectivity index (χ2v) is 7.31. The molecular weight excluding hydrogens is 379 g/mol. The van der Waals surface area contributed by atoms with E-state index >= 15 is 0 Å². The third-order valence-corrected chi connectivity index (χ3v) is 5.35. The lowest BCUT2D eigenvalue weighted by atomic mass is 9.94. The van der Waals surface area contributed by atoms with E-state index in [1.54, 1.807) is 32.0 Å². The van der Waals surface area contributed by atoms with Crippen LogP contribution in [0.2, 0.25) is 0 Å². The van der Waals surface area contributed by atoms with E-state index in [1.807, 2.05) is 29.8 Å². The molecule has 154 valence electrons. The highest BCUT2D eigenvalue weighted by atomic mass is 19.4. The Hall–Kier alpha value is -2.83. The van der Waals surface area contributed by atoms with Gasteiger partial charge in [0.1, 0.15) is 6.54 Å². The van der Waals surface area contributed by atoms with Crippen molar-refractivity contribution in [3.8, 4) is 0 Å². The van der Waals surface area contributed by atoms with Crippen LogP contribution in [0, 0.1) is 13.8 Å². The second kappa shape index (κ2) is 7.89. The Morgan fingerprint density at radius 2 is 1.83 bits per heavy atom. The summed E-state index contributed by atoms with van der Waals surface area (Å²) >= 11 is 0. The van der Waals surface area contributed by atoms with Crippen molar-refractivity contribution in [3.63, 3.8) is 0 Å². The van der Waals surface area contributed by atoms with E-state index < -0.39 is 11.7 Å². The number of benzene rings is 1. The van der Waals surface area contributed by atoms with Gasteiger partial charge in [-0.3, -0.25) is 9.78 Å². The van der Waals surface area contributed by atoms with Crippen LogP contribution in [0.3, 0.4) is 0 Å². The lowest BCUT2D eigenvalue weighted by Gasteiger charge is -2.16. The maximum absolute atomic E-state index is 13.1. The predicted molar refractivity (Wildman–Crippen MR) is 107 cm³/mol. The van der Waals surface area contributed by atoms with Gasteiger partial charge < -0.3 is 9.47 Å². The Balaban J connectivity index is 1.95. The Labute approximate surface area is 168 Å². The standard InChI is InChI=1S/C22H24F3N3O/c1-5-27(4)21(29)13-28-9-7-17-19(26-8-6-20(17)28)12-18-14(2)10-16(11-15(18)3)22(23,24)25/h6-11H,5,12-13H2,1-4H3. The van der Waals surface area contributed by atoms with Gasteiger partial charge in [-0.05, 0) is 61.7 Å². The van der Waals surface area contributed by atoms with Gasteiger partial charge in [0.15, 0.2) is 0 Å². The maximum Gasteiger partial charge on any atom is 0.416 e. The number of pyridine rings is 1. The largest absolute Gasteiger partial charge is 0.416 e. The fraction of sp³-hybridized carbons (Fsp3) is 0.364. The van der Waals surface area contributed by atoms with Gasteiger partial charge in [-0.15, -0.1) is 0 Å². The molecule has 0 N–H and O–H groups in total. The first-order valence-electron chi connectivity index (χ1n) is 9.45. The summed E-state index contributed by atoms with van der Waals surface area (Å²) in [4.78, 5) is 18.4. The third kappa shape index (κ3) is 4.28. The van der Waals surface area contributed by atoms with Gasteiger partial charge in [-0.2, -0.15) is 13.2 Å². The van der Waals surface area contributed by atoms with E-state index in [0.29, 0.717) is 24.1 Å². The number of likely N-dealkylation sites (N-methyl/N-ethyl adjacent to an activating group) is 1. The number of nitrogens with zero attached hydrogens (tertiary/aromatic N) is 3. The molecular formula is C22H24F3N3O. The molecule has 1 amide bonds. The first-order valence-corrected chi connectivity index (χ1v) is 9.45. The number of amides is 1. The van der Waals surface area contributed by atoms with Crippen LogP contribution in [0.1, 0.15) is 34.9 Å². The Kier molecular flexibility index (Phi) is 5.68. The van der Waals surface area contributed by atoms with Crippen molar-refractivity contribution >= 4 is 16.8 Å². The molecule has 0 aliphatic rings. The average molecular weight is 403 g/mol. The topological polar surface area (TPSA) is 38.1 Å². The van der Waals surface area contributed by atoms with Crippen LogP contribution in [0.15, 0.2) is 36.7 Å². The first-order chi connectivity index (χ1) is 13.6. The molecule has 4 nitrogen and oxygen atoms in total. The van der Waals surface area contributed by atoms with Crippen molar-refractivity contribution in [2.75, 3.05) is 13.6 Å². The first kappa shape index (κ1) is 20.9. The second-order valence-electron chi connectivity index (χ2n) is 7.31. The van der Waals surface area contributed by atoms with Crippen LogP contribution < -0.4 is 0 Å². The molecule has 2 aromatic heterocycles. The van der Waals surface area contributed by atoms with Crippen molar-refractivity contribution in [1.82, 2.24) is 14.5 Å².